The predicted molar refractivity (Wildman–Crippen MR) is 53.0 cm³/mol. The molecule has 1 heteroatoms. The molecule has 13 heavy (non-hydrogen) atoms. The highest BCUT2D eigenvalue weighted by Gasteiger charge is 2.28. The van der Waals surface area contributed by atoms with Gasteiger partial charge in [-0.25, -0.2) is 0 Å². The molecule has 0 spiro atoms. The molecule has 0 radical (unpaired) electrons. The van der Waals surface area contributed by atoms with E-state index in [0.29, 0.717) is 5.92 Å². The molecule has 1 aliphatic rings. The minimum atomic E-state index is 0.625. The smallest absolute Gasteiger partial charge is 0.150 e. The van der Waals surface area contributed by atoms with Crippen LogP contribution in [0.1, 0.15) is 41.6 Å². The molecule has 0 saturated heterocycles. The standard InChI is InChI=1S/C12H14O/c1-9(11-5-6-11)12-4-2-3-10(7-12)8-13/h2-4,7-9,11H,5-6H2,1H3/t9-/m0/s1. The molecule has 0 aromatic heterocycles. The van der Waals surface area contributed by atoms with Crippen molar-refractivity contribution in [2.24, 2.45) is 5.92 Å². The highest BCUT2D eigenvalue weighted by Crippen LogP contribution is 2.42. The van der Waals surface area contributed by atoms with Crippen molar-refractivity contribution in [1.82, 2.24) is 0 Å². The summed E-state index contributed by atoms with van der Waals surface area (Å²) in [5, 5.41) is 0. The summed E-state index contributed by atoms with van der Waals surface area (Å²) in [5.74, 6) is 1.49. The summed E-state index contributed by atoms with van der Waals surface area (Å²) < 4.78 is 0. The Labute approximate surface area is 78.8 Å². The van der Waals surface area contributed by atoms with E-state index < -0.39 is 0 Å². The van der Waals surface area contributed by atoms with Crippen molar-refractivity contribution in [3.05, 3.63) is 35.4 Å². The lowest BCUT2D eigenvalue weighted by atomic mass is 9.95. The number of aldehydes is 1. The van der Waals surface area contributed by atoms with Crippen molar-refractivity contribution in [2.75, 3.05) is 0 Å². The summed E-state index contributed by atoms with van der Waals surface area (Å²) in [6.45, 7) is 2.25. The molecule has 1 fully saturated rings. The van der Waals surface area contributed by atoms with Crippen LogP contribution in [0.25, 0.3) is 0 Å². The Hall–Kier alpha value is -1.11. The molecule has 0 amide bonds. The second-order valence-electron chi connectivity index (χ2n) is 3.91. The van der Waals surface area contributed by atoms with E-state index in [0.717, 1.165) is 17.8 Å². The van der Waals surface area contributed by atoms with Crippen LogP contribution in [0.15, 0.2) is 24.3 Å². The number of carbonyl (C=O) groups is 1. The lowest BCUT2D eigenvalue weighted by Crippen LogP contribution is -1.96. The molecule has 68 valence electrons. The minimum Gasteiger partial charge on any atom is -0.298 e. The molecule has 1 saturated carbocycles. The zero-order valence-corrected chi connectivity index (χ0v) is 7.86. The maximum atomic E-state index is 10.6. The largest absolute Gasteiger partial charge is 0.298 e. The van der Waals surface area contributed by atoms with Gasteiger partial charge in [-0.1, -0.05) is 25.1 Å². The van der Waals surface area contributed by atoms with Gasteiger partial charge in [-0.3, -0.25) is 4.79 Å². The third-order valence-electron chi connectivity index (χ3n) is 2.90. The van der Waals surface area contributed by atoms with Gasteiger partial charge in [0.2, 0.25) is 0 Å². The van der Waals surface area contributed by atoms with Gasteiger partial charge in [-0.15, -0.1) is 0 Å². The Morgan fingerprint density at radius 2 is 2.23 bits per heavy atom. The van der Waals surface area contributed by atoms with Gasteiger partial charge in [0.1, 0.15) is 6.29 Å². The van der Waals surface area contributed by atoms with Crippen LogP contribution in [-0.4, -0.2) is 6.29 Å². The van der Waals surface area contributed by atoms with Crippen molar-refractivity contribution in [2.45, 2.75) is 25.7 Å². The lowest BCUT2D eigenvalue weighted by molar-refractivity contribution is 0.112. The molecule has 1 nitrogen and oxygen atoms in total. The molecular weight excluding hydrogens is 160 g/mol. The molecule has 1 aliphatic carbocycles. The fourth-order valence-corrected chi connectivity index (χ4v) is 1.78. The van der Waals surface area contributed by atoms with Gasteiger partial charge in [-0.05, 0) is 36.3 Å². The minimum absolute atomic E-state index is 0.625. The number of benzene rings is 1. The van der Waals surface area contributed by atoms with Crippen molar-refractivity contribution >= 4 is 6.29 Å². The monoisotopic (exact) mass is 174 g/mol. The predicted octanol–water partition coefficient (Wildman–Crippen LogP) is 3.01. The lowest BCUT2D eigenvalue weighted by Gasteiger charge is -2.10. The third kappa shape index (κ3) is 1.80. The van der Waals surface area contributed by atoms with Crippen molar-refractivity contribution in [3.63, 3.8) is 0 Å². The molecule has 0 bridgehead atoms. The van der Waals surface area contributed by atoms with E-state index in [9.17, 15) is 4.79 Å². The summed E-state index contributed by atoms with van der Waals surface area (Å²) in [7, 11) is 0. The van der Waals surface area contributed by atoms with Crippen LogP contribution in [0.4, 0.5) is 0 Å². The molecule has 0 aliphatic heterocycles. The quantitative estimate of drug-likeness (QED) is 0.644. The van der Waals surface area contributed by atoms with E-state index >= 15 is 0 Å². The average Bonchev–Trinajstić information content (AvgIpc) is 3.00. The van der Waals surface area contributed by atoms with Gasteiger partial charge in [0, 0.05) is 5.56 Å². The maximum Gasteiger partial charge on any atom is 0.150 e. The van der Waals surface area contributed by atoms with E-state index in [1.54, 1.807) is 0 Å². The summed E-state index contributed by atoms with van der Waals surface area (Å²) in [6.07, 6.45) is 3.63. The third-order valence-corrected chi connectivity index (χ3v) is 2.90. The molecule has 1 atom stereocenters. The summed E-state index contributed by atoms with van der Waals surface area (Å²) in [6, 6.07) is 7.96. The van der Waals surface area contributed by atoms with Crippen LogP contribution in [0.5, 0.6) is 0 Å². The van der Waals surface area contributed by atoms with E-state index in [4.69, 9.17) is 0 Å². The van der Waals surface area contributed by atoms with Crippen LogP contribution in [0.3, 0.4) is 0 Å². The van der Waals surface area contributed by atoms with Crippen LogP contribution in [-0.2, 0) is 0 Å². The zero-order chi connectivity index (χ0) is 9.26. The zero-order valence-electron chi connectivity index (χ0n) is 7.86. The van der Waals surface area contributed by atoms with Gasteiger partial charge < -0.3 is 0 Å². The van der Waals surface area contributed by atoms with E-state index in [1.807, 2.05) is 18.2 Å². The number of hydrogen-bond donors (Lipinski definition) is 0. The second kappa shape index (κ2) is 3.33. The van der Waals surface area contributed by atoms with Gasteiger partial charge >= 0.3 is 0 Å². The molecule has 1 aromatic rings. The van der Waals surface area contributed by atoms with Crippen LogP contribution >= 0.6 is 0 Å². The molecule has 0 unspecified atom stereocenters. The van der Waals surface area contributed by atoms with E-state index in [1.165, 1.54) is 18.4 Å². The fourth-order valence-electron chi connectivity index (χ4n) is 1.78. The Balaban J connectivity index is 2.22. The van der Waals surface area contributed by atoms with Crippen LogP contribution in [0.2, 0.25) is 0 Å². The highest BCUT2D eigenvalue weighted by atomic mass is 16.1. The first kappa shape index (κ1) is 8.49. The van der Waals surface area contributed by atoms with Gasteiger partial charge in [0.05, 0.1) is 0 Å². The molecule has 1 aromatic carbocycles. The molecule has 0 heterocycles. The van der Waals surface area contributed by atoms with Gasteiger partial charge in [0.25, 0.3) is 0 Å². The Kier molecular flexibility index (Phi) is 2.17. The van der Waals surface area contributed by atoms with Crippen molar-refractivity contribution in [3.8, 4) is 0 Å². The Morgan fingerprint density at radius 1 is 1.46 bits per heavy atom. The molecular formula is C12H14O. The van der Waals surface area contributed by atoms with Crippen LogP contribution < -0.4 is 0 Å². The van der Waals surface area contributed by atoms with Gasteiger partial charge in [0.15, 0.2) is 0 Å². The van der Waals surface area contributed by atoms with Crippen LogP contribution in [0, 0.1) is 5.92 Å². The highest BCUT2D eigenvalue weighted by molar-refractivity contribution is 5.75. The molecule has 0 N–H and O–H groups in total. The number of carbonyl (C=O) groups excluding carboxylic acids is 1. The summed E-state index contributed by atoms with van der Waals surface area (Å²) in [4.78, 5) is 10.6. The number of hydrogen-bond acceptors (Lipinski definition) is 1. The summed E-state index contributed by atoms with van der Waals surface area (Å²) in [5.41, 5.74) is 2.11. The van der Waals surface area contributed by atoms with Gasteiger partial charge in [-0.2, -0.15) is 0 Å². The van der Waals surface area contributed by atoms with Crippen molar-refractivity contribution in [1.29, 1.82) is 0 Å². The Morgan fingerprint density at radius 3 is 2.85 bits per heavy atom. The van der Waals surface area contributed by atoms with E-state index in [-0.39, 0.29) is 0 Å². The fraction of sp³-hybridized carbons (Fsp3) is 0.417. The topological polar surface area (TPSA) is 17.1 Å². The summed E-state index contributed by atoms with van der Waals surface area (Å²) >= 11 is 0. The SMILES string of the molecule is C[C@H](c1cccc(C=O)c1)C1CC1. The molecule has 2 rings (SSSR count). The first-order chi connectivity index (χ1) is 6.31. The number of rotatable bonds is 3. The second-order valence-corrected chi connectivity index (χ2v) is 3.91. The van der Waals surface area contributed by atoms with E-state index in [2.05, 4.69) is 13.0 Å². The van der Waals surface area contributed by atoms with Crippen molar-refractivity contribution < 1.29 is 4.79 Å². The average molecular weight is 174 g/mol. The first-order valence-electron chi connectivity index (χ1n) is 4.86. The Bertz CT molecular complexity index is 313. The normalized spacial score (nSPS) is 18.2. The maximum absolute atomic E-state index is 10.6. The first-order valence-corrected chi connectivity index (χ1v) is 4.86.